The molecule has 0 heterocycles. The summed E-state index contributed by atoms with van der Waals surface area (Å²) in [5, 5.41) is 12.1. The van der Waals surface area contributed by atoms with Crippen molar-refractivity contribution < 1.29 is 19.4 Å². The number of hydrogen-bond donors (Lipinski definition) is 2. The maximum Gasteiger partial charge on any atom is 0.341 e. The Hall–Kier alpha value is -2.48. The zero-order valence-corrected chi connectivity index (χ0v) is 10.8. The molecule has 0 radical (unpaired) electrons. The van der Waals surface area contributed by atoms with Crippen molar-refractivity contribution in [3.63, 3.8) is 0 Å². The minimum Gasteiger partial charge on any atom is -0.507 e. The molecule has 0 bridgehead atoms. The van der Waals surface area contributed by atoms with Crippen molar-refractivity contribution in [2.45, 2.75) is 13.3 Å². The fourth-order valence-electron chi connectivity index (χ4n) is 1.35. The summed E-state index contributed by atoms with van der Waals surface area (Å²) in [7, 11) is 1.24. The number of carbonyl (C=O) groups is 2. The van der Waals surface area contributed by atoms with Gasteiger partial charge in [0.15, 0.2) is 0 Å². The van der Waals surface area contributed by atoms with Crippen molar-refractivity contribution in [3.05, 3.63) is 29.3 Å². The molecule has 2 N–H and O–H groups in total. The van der Waals surface area contributed by atoms with Crippen LogP contribution in [0.5, 0.6) is 5.75 Å². The number of benzene rings is 1. The van der Waals surface area contributed by atoms with E-state index in [0.717, 1.165) is 0 Å². The van der Waals surface area contributed by atoms with Crippen LogP contribution >= 0.6 is 0 Å². The molecule has 0 fully saturated rings. The summed E-state index contributed by atoms with van der Waals surface area (Å²) in [4.78, 5) is 22.0. The Labute approximate surface area is 111 Å². The smallest absolute Gasteiger partial charge is 0.341 e. The monoisotopic (exact) mass is 261 g/mol. The standard InChI is InChI=1S/C14H15NO4/c1-10(16)15-8-4-3-5-11-6-7-13(17)12(9-11)14(18)19-2/h6-7,9,17H,4,8H2,1-2H3,(H,15,16). The Morgan fingerprint density at radius 1 is 1.42 bits per heavy atom. The molecule has 1 aromatic rings. The van der Waals surface area contributed by atoms with Crippen LogP contribution in [0.15, 0.2) is 18.2 Å². The van der Waals surface area contributed by atoms with Gasteiger partial charge in [-0.25, -0.2) is 4.79 Å². The van der Waals surface area contributed by atoms with Crippen LogP contribution in [0.25, 0.3) is 0 Å². The van der Waals surface area contributed by atoms with Crippen LogP contribution in [0.2, 0.25) is 0 Å². The van der Waals surface area contributed by atoms with Gasteiger partial charge in [0.05, 0.1) is 7.11 Å². The van der Waals surface area contributed by atoms with Crippen LogP contribution in [0.3, 0.4) is 0 Å². The molecule has 0 aliphatic heterocycles. The van der Waals surface area contributed by atoms with Crippen LogP contribution in [0.1, 0.15) is 29.3 Å². The normalized spacial score (nSPS) is 9.16. The highest BCUT2D eigenvalue weighted by Crippen LogP contribution is 2.18. The van der Waals surface area contributed by atoms with Crippen LogP contribution in [0, 0.1) is 11.8 Å². The molecule has 1 aromatic carbocycles. The molecule has 0 aliphatic rings. The van der Waals surface area contributed by atoms with Crippen molar-refractivity contribution in [3.8, 4) is 17.6 Å². The van der Waals surface area contributed by atoms with Crippen molar-refractivity contribution in [2.75, 3.05) is 13.7 Å². The van der Waals surface area contributed by atoms with Gasteiger partial charge >= 0.3 is 5.97 Å². The molecule has 0 saturated heterocycles. The maximum absolute atomic E-state index is 11.4. The molecule has 5 heteroatoms. The van der Waals surface area contributed by atoms with E-state index >= 15 is 0 Å². The highest BCUT2D eigenvalue weighted by Gasteiger charge is 2.11. The van der Waals surface area contributed by atoms with Gasteiger partial charge in [0.2, 0.25) is 5.91 Å². The molecule has 0 aromatic heterocycles. The minimum atomic E-state index is -0.612. The summed E-state index contributed by atoms with van der Waals surface area (Å²) >= 11 is 0. The molecule has 100 valence electrons. The number of phenols is 1. The second-order valence-electron chi connectivity index (χ2n) is 3.76. The number of esters is 1. The highest BCUT2D eigenvalue weighted by molar-refractivity contribution is 5.92. The van der Waals surface area contributed by atoms with Crippen LogP contribution in [-0.2, 0) is 9.53 Å². The van der Waals surface area contributed by atoms with Crippen molar-refractivity contribution >= 4 is 11.9 Å². The Morgan fingerprint density at radius 2 is 2.16 bits per heavy atom. The van der Waals surface area contributed by atoms with E-state index in [0.29, 0.717) is 18.5 Å². The molecule has 5 nitrogen and oxygen atoms in total. The van der Waals surface area contributed by atoms with Gasteiger partial charge in [-0.15, -0.1) is 0 Å². The van der Waals surface area contributed by atoms with Gasteiger partial charge in [-0.05, 0) is 18.2 Å². The number of aromatic hydroxyl groups is 1. The Kier molecular flexibility index (Phi) is 5.42. The predicted molar refractivity (Wildman–Crippen MR) is 69.6 cm³/mol. The van der Waals surface area contributed by atoms with Gasteiger partial charge in [0.25, 0.3) is 0 Å². The zero-order chi connectivity index (χ0) is 14.3. The molecule has 0 saturated carbocycles. The maximum atomic E-state index is 11.4. The lowest BCUT2D eigenvalue weighted by molar-refractivity contribution is -0.118. The molecule has 1 amide bonds. The van der Waals surface area contributed by atoms with E-state index < -0.39 is 5.97 Å². The molecule has 0 unspecified atom stereocenters. The Balaban J connectivity index is 2.72. The quantitative estimate of drug-likeness (QED) is 0.484. The van der Waals surface area contributed by atoms with Gasteiger partial charge in [-0.3, -0.25) is 4.79 Å². The van der Waals surface area contributed by atoms with Crippen LogP contribution in [0.4, 0.5) is 0 Å². The van der Waals surface area contributed by atoms with Gasteiger partial charge < -0.3 is 15.2 Å². The summed E-state index contributed by atoms with van der Waals surface area (Å²) in [6.45, 7) is 1.92. The molecular weight excluding hydrogens is 246 g/mol. The number of phenolic OH excluding ortho intramolecular Hbond substituents is 1. The molecular formula is C14H15NO4. The molecule has 0 spiro atoms. The second-order valence-corrected chi connectivity index (χ2v) is 3.76. The minimum absolute atomic E-state index is 0.0798. The largest absolute Gasteiger partial charge is 0.507 e. The van der Waals surface area contributed by atoms with Gasteiger partial charge in [0.1, 0.15) is 11.3 Å². The molecule has 19 heavy (non-hydrogen) atoms. The summed E-state index contributed by atoms with van der Waals surface area (Å²) in [6.07, 6.45) is 0.508. The number of nitrogens with one attached hydrogen (secondary N) is 1. The first-order valence-corrected chi connectivity index (χ1v) is 5.69. The third kappa shape index (κ3) is 4.72. The van der Waals surface area contributed by atoms with Crippen molar-refractivity contribution in [2.24, 2.45) is 0 Å². The lowest BCUT2D eigenvalue weighted by Gasteiger charge is -2.02. The van der Waals surface area contributed by atoms with E-state index in [2.05, 4.69) is 21.9 Å². The molecule has 1 rings (SSSR count). The first-order valence-electron chi connectivity index (χ1n) is 5.69. The fourth-order valence-corrected chi connectivity index (χ4v) is 1.35. The molecule has 0 aliphatic carbocycles. The number of methoxy groups -OCH3 is 1. The van der Waals surface area contributed by atoms with Crippen molar-refractivity contribution in [1.82, 2.24) is 5.32 Å². The average molecular weight is 261 g/mol. The predicted octanol–water partition coefficient (Wildman–Crippen LogP) is 1.06. The lowest BCUT2D eigenvalue weighted by Crippen LogP contribution is -2.20. The van der Waals surface area contributed by atoms with E-state index in [9.17, 15) is 14.7 Å². The first-order chi connectivity index (χ1) is 9.04. The Bertz CT molecular complexity index is 540. The zero-order valence-electron chi connectivity index (χ0n) is 10.8. The van der Waals surface area contributed by atoms with Crippen molar-refractivity contribution in [1.29, 1.82) is 0 Å². The average Bonchev–Trinajstić information content (AvgIpc) is 2.39. The Morgan fingerprint density at radius 3 is 2.79 bits per heavy atom. The van der Waals surface area contributed by atoms with Gasteiger partial charge in [0, 0.05) is 25.5 Å². The van der Waals surface area contributed by atoms with Crippen LogP contribution in [-0.4, -0.2) is 30.6 Å². The van der Waals surface area contributed by atoms with E-state index in [4.69, 9.17) is 0 Å². The first kappa shape index (κ1) is 14.6. The number of amides is 1. The third-order valence-electron chi connectivity index (χ3n) is 2.26. The van der Waals surface area contributed by atoms with Gasteiger partial charge in [-0.2, -0.15) is 0 Å². The summed E-state index contributed by atoms with van der Waals surface area (Å²) in [6, 6.07) is 4.46. The van der Waals surface area contributed by atoms with E-state index in [1.807, 2.05) is 0 Å². The van der Waals surface area contributed by atoms with E-state index in [-0.39, 0.29) is 17.2 Å². The third-order valence-corrected chi connectivity index (χ3v) is 2.26. The SMILES string of the molecule is COC(=O)c1cc(C#CCCNC(C)=O)ccc1O. The summed E-state index contributed by atoms with van der Waals surface area (Å²) in [5.41, 5.74) is 0.678. The summed E-state index contributed by atoms with van der Waals surface area (Å²) < 4.78 is 4.55. The molecule has 0 atom stereocenters. The topological polar surface area (TPSA) is 75.6 Å². The van der Waals surface area contributed by atoms with Crippen LogP contribution < -0.4 is 5.32 Å². The fraction of sp³-hybridized carbons (Fsp3) is 0.286. The number of hydrogen-bond acceptors (Lipinski definition) is 4. The second kappa shape index (κ2) is 7.07. The number of carbonyl (C=O) groups excluding carboxylic acids is 2. The number of rotatable bonds is 3. The number of ether oxygens (including phenoxy) is 1. The van der Waals surface area contributed by atoms with E-state index in [1.54, 1.807) is 6.07 Å². The van der Waals surface area contributed by atoms with E-state index in [1.165, 1.54) is 26.2 Å². The summed E-state index contributed by atoms with van der Waals surface area (Å²) in [5.74, 6) is 4.85. The van der Waals surface area contributed by atoms with Gasteiger partial charge in [-0.1, -0.05) is 11.8 Å². The highest BCUT2D eigenvalue weighted by atomic mass is 16.5. The lowest BCUT2D eigenvalue weighted by atomic mass is 10.1.